The highest BCUT2D eigenvalue weighted by atomic mass is 19.4. The van der Waals surface area contributed by atoms with Crippen molar-refractivity contribution >= 4 is 23.3 Å². The third kappa shape index (κ3) is 4.39. The lowest BCUT2D eigenvalue weighted by Crippen LogP contribution is -2.47. The van der Waals surface area contributed by atoms with Gasteiger partial charge < -0.3 is 4.90 Å². The zero-order valence-corrected chi connectivity index (χ0v) is 16.0. The first kappa shape index (κ1) is 20.5. The molecule has 0 atom stereocenters. The van der Waals surface area contributed by atoms with Gasteiger partial charge in [-0.15, -0.1) is 15.3 Å². The van der Waals surface area contributed by atoms with Gasteiger partial charge in [0.25, 0.3) is 11.7 Å². The molecule has 0 unspecified atom stereocenters. The normalized spacial score (nSPS) is 15.1. The smallest absolute Gasteiger partial charge is 0.355 e. The summed E-state index contributed by atoms with van der Waals surface area (Å²) in [5, 5.41) is 10.7. The molecule has 4 rings (SSSR count). The van der Waals surface area contributed by atoms with Gasteiger partial charge in [0.05, 0.1) is 5.56 Å². The molecule has 3 aromatic rings. The molecule has 2 N–H and O–H groups in total. The number of hydrogen-bond donors (Lipinski definition) is 2. The van der Waals surface area contributed by atoms with Crippen molar-refractivity contribution in [3.63, 3.8) is 0 Å². The summed E-state index contributed by atoms with van der Waals surface area (Å²) >= 11 is 0. The van der Waals surface area contributed by atoms with Crippen LogP contribution in [0.15, 0.2) is 36.7 Å². The van der Waals surface area contributed by atoms with Crippen LogP contribution in [-0.4, -0.2) is 49.7 Å². The number of halogens is 3. The van der Waals surface area contributed by atoms with Crippen LogP contribution in [-0.2, 0) is 11.0 Å². The first-order chi connectivity index (χ1) is 14.8. The summed E-state index contributed by atoms with van der Waals surface area (Å²) in [6.45, 7) is 0.827. The number of amides is 2. The number of nitrogens with zero attached hydrogens (tertiary/aromatic N) is 6. The van der Waals surface area contributed by atoms with Gasteiger partial charge in [0, 0.05) is 31.4 Å². The van der Waals surface area contributed by atoms with Crippen LogP contribution in [0.2, 0.25) is 0 Å². The minimum Gasteiger partial charge on any atom is -0.355 e. The van der Waals surface area contributed by atoms with Gasteiger partial charge in [-0.2, -0.15) is 17.7 Å². The Hall–Kier alpha value is -3.77. The average Bonchev–Trinajstić information content (AvgIpc) is 3.22. The topological polar surface area (TPSA) is 117 Å². The molecule has 0 aliphatic carbocycles. The number of nitrogens with one attached hydrogen (secondary N) is 2. The molecule has 0 bridgehead atoms. The lowest BCUT2D eigenvalue weighted by atomic mass is 9.96. The van der Waals surface area contributed by atoms with Crippen LogP contribution < -0.4 is 15.8 Å². The summed E-state index contributed by atoms with van der Waals surface area (Å²) in [6, 6.07) is 6.15. The molecule has 0 saturated carbocycles. The van der Waals surface area contributed by atoms with Gasteiger partial charge in [-0.3, -0.25) is 25.4 Å². The number of carbonyl (C=O) groups is 2. The molecule has 4 heterocycles. The molecule has 0 aromatic carbocycles. The first-order valence-corrected chi connectivity index (χ1v) is 9.38. The SMILES string of the molecule is O=C(NNC(=O)C1CCN(c2ccc3nnc(C(F)(F)F)n3n2)CC1)c1cccnc1. The molecule has 1 fully saturated rings. The van der Waals surface area contributed by atoms with Crippen LogP contribution in [0, 0.1) is 5.92 Å². The van der Waals surface area contributed by atoms with Gasteiger partial charge in [-0.1, -0.05) is 0 Å². The molecule has 13 heteroatoms. The van der Waals surface area contributed by atoms with E-state index in [-0.39, 0.29) is 17.5 Å². The third-order valence-corrected chi connectivity index (χ3v) is 4.91. The van der Waals surface area contributed by atoms with Gasteiger partial charge in [-0.05, 0) is 37.1 Å². The third-order valence-electron chi connectivity index (χ3n) is 4.91. The predicted octanol–water partition coefficient (Wildman–Crippen LogP) is 1.22. The van der Waals surface area contributed by atoms with Crippen molar-refractivity contribution in [2.24, 2.45) is 5.92 Å². The van der Waals surface area contributed by atoms with Crippen molar-refractivity contribution < 1.29 is 22.8 Å². The Morgan fingerprint density at radius 1 is 1.06 bits per heavy atom. The molecule has 0 radical (unpaired) electrons. The number of hydrazine groups is 1. The van der Waals surface area contributed by atoms with Crippen LogP contribution in [0.5, 0.6) is 0 Å². The van der Waals surface area contributed by atoms with E-state index in [4.69, 9.17) is 0 Å². The number of alkyl halides is 3. The lowest BCUT2D eigenvalue weighted by Gasteiger charge is -2.32. The number of aromatic nitrogens is 5. The minimum absolute atomic E-state index is 0.00491. The van der Waals surface area contributed by atoms with Crippen LogP contribution in [0.3, 0.4) is 0 Å². The molecular formula is C18H17F3N8O2. The number of rotatable bonds is 3. The van der Waals surface area contributed by atoms with Crippen molar-refractivity contribution in [3.8, 4) is 0 Å². The van der Waals surface area contributed by atoms with Gasteiger partial charge in [0.2, 0.25) is 5.91 Å². The predicted molar refractivity (Wildman–Crippen MR) is 101 cm³/mol. The number of hydrogen-bond acceptors (Lipinski definition) is 7. The molecule has 10 nitrogen and oxygen atoms in total. The maximum atomic E-state index is 13.0. The molecule has 1 aliphatic heterocycles. The zero-order chi connectivity index (χ0) is 22.0. The lowest BCUT2D eigenvalue weighted by molar-refractivity contribution is -0.146. The Balaban J connectivity index is 1.35. The average molecular weight is 434 g/mol. The van der Waals surface area contributed by atoms with Crippen molar-refractivity contribution in [3.05, 3.63) is 48.0 Å². The summed E-state index contributed by atoms with van der Waals surface area (Å²) in [4.78, 5) is 30.0. The molecule has 31 heavy (non-hydrogen) atoms. The highest BCUT2D eigenvalue weighted by Crippen LogP contribution is 2.28. The molecule has 3 aromatic heterocycles. The van der Waals surface area contributed by atoms with Gasteiger partial charge in [-0.25, -0.2) is 0 Å². The molecule has 162 valence electrons. The Morgan fingerprint density at radius 3 is 2.52 bits per heavy atom. The summed E-state index contributed by atoms with van der Waals surface area (Å²) < 4.78 is 39.8. The second-order valence-electron chi connectivity index (χ2n) is 6.93. The van der Waals surface area contributed by atoms with Gasteiger partial charge in [0.1, 0.15) is 5.82 Å². The van der Waals surface area contributed by atoms with E-state index >= 15 is 0 Å². The van der Waals surface area contributed by atoms with E-state index in [0.29, 0.717) is 41.8 Å². The Labute approximate surface area is 173 Å². The van der Waals surface area contributed by atoms with Crippen LogP contribution >= 0.6 is 0 Å². The number of pyridine rings is 1. The van der Waals surface area contributed by atoms with Crippen molar-refractivity contribution in [2.75, 3.05) is 18.0 Å². The Bertz CT molecular complexity index is 1090. The number of fused-ring (bicyclic) bond motifs is 1. The highest BCUT2D eigenvalue weighted by molar-refractivity contribution is 5.95. The minimum atomic E-state index is -4.67. The molecule has 1 aliphatic rings. The fraction of sp³-hybridized carbons (Fsp3) is 0.333. The van der Waals surface area contributed by atoms with Crippen LogP contribution in [0.25, 0.3) is 5.65 Å². The summed E-state index contributed by atoms with van der Waals surface area (Å²) in [5.41, 5.74) is 5.06. The number of anilines is 1. The van der Waals surface area contributed by atoms with Crippen molar-refractivity contribution in [1.29, 1.82) is 0 Å². The number of carbonyl (C=O) groups excluding carboxylic acids is 2. The Morgan fingerprint density at radius 2 is 1.84 bits per heavy atom. The monoisotopic (exact) mass is 434 g/mol. The maximum Gasteiger partial charge on any atom is 0.453 e. The highest BCUT2D eigenvalue weighted by Gasteiger charge is 2.38. The molecule has 2 amide bonds. The Kier molecular flexibility index (Phi) is 5.40. The second kappa shape index (κ2) is 8.16. The standard InChI is InChI=1S/C18H17F3N8O2/c19-18(20,21)17-26-23-13-3-4-14(27-29(13)17)28-8-5-11(6-9-28)15(30)24-25-16(31)12-2-1-7-22-10-12/h1-4,7,10-11H,5-6,8-9H2,(H,24,30)(H,25,31). The fourth-order valence-electron chi connectivity index (χ4n) is 3.29. The summed E-state index contributed by atoms with van der Waals surface area (Å²) in [5.74, 6) is -2.02. The van der Waals surface area contributed by atoms with E-state index < -0.39 is 17.9 Å². The maximum absolute atomic E-state index is 13.0. The first-order valence-electron chi connectivity index (χ1n) is 9.38. The van der Waals surface area contributed by atoms with E-state index in [9.17, 15) is 22.8 Å². The van der Waals surface area contributed by atoms with E-state index in [1.807, 2.05) is 0 Å². The molecule has 0 spiro atoms. The number of piperidine rings is 1. The quantitative estimate of drug-likeness (QED) is 0.595. The zero-order valence-electron chi connectivity index (χ0n) is 16.0. The second-order valence-corrected chi connectivity index (χ2v) is 6.93. The van der Waals surface area contributed by atoms with Crippen molar-refractivity contribution in [1.82, 2.24) is 35.6 Å². The fourth-order valence-corrected chi connectivity index (χ4v) is 3.29. The van der Waals surface area contributed by atoms with Crippen LogP contribution in [0.4, 0.5) is 19.0 Å². The molecular weight excluding hydrogens is 417 g/mol. The van der Waals surface area contributed by atoms with E-state index in [2.05, 4.69) is 31.1 Å². The molecule has 1 saturated heterocycles. The van der Waals surface area contributed by atoms with Gasteiger partial charge >= 0.3 is 6.18 Å². The summed E-state index contributed by atoms with van der Waals surface area (Å²) in [7, 11) is 0. The van der Waals surface area contributed by atoms with Gasteiger partial charge in [0.15, 0.2) is 5.65 Å². The van der Waals surface area contributed by atoms with E-state index in [1.54, 1.807) is 23.1 Å². The van der Waals surface area contributed by atoms with E-state index in [0.717, 1.165) is 0 Å². The van der Waals surface area contributed by atoms with E-state index in [1.165, 1.54) is 18.5 Å². The largest absolute Gasteiger partial charge is 0.453 e. The van der Waals surface area contributed by atoms with Crippen molar-refractivity contribution in [2.45, 2.75) is 19.0 Å². The van der Waals surface area contributed by atoms with Crippen LogP contribution in [0.1, 0.15) is 29.0 Å². The summed E-state index contributed by atoms with van der Waals surface area (Å²) in [6.07, 6.45) is -0.867.